The van der Waals surface area contributed by atoms with E-state index >= 15 is 0 Å². The Morgan fingerprint density at radius 2 is 1.86 bits per heavy atom. The van der Waals surface area contributed by atoms with Crippen molar-refractivity contribution in [1.82, 2.24) is 4.57 Å². The molecule has 0 saturated carbocycles. The van der Waals surface area contributed by atoms with Crippen LogP contribution >= 0.6 is 11.6 Å². The van der Waals surface area contributed by atoms with Crippen molar-refractivity contribution in [3.8, 4) is 0 Å². The zero-order valence-corrected chi connectivity index (χ0v) is 17.2. The van der Waals surface area contributed by atoms with Crippen LogP contribution in [0.2, 0.25) is 5.02 Å². The summed E-state index contributed by atoms with van der Waals surface area (Å²) in [6.07, 6.45) is 3.25. The van der Waals surface area contributed by atoms with Gasteiger partial charge in [-0.05, 0) is 43.9 Å². The van der Waals surface area contributed by atoms with Crippen LogP contribution in [0.25, 0.3) is 10.9 Å². The molecule has 1 aliphatic heterocycles. The van der Waals surface area contributed by atoms with Gasteiger partial charge in [-0.1, -0.05) is 41.9 Å². The van der Waals surface area contributed by atoms with Crippen LogP contribution in [0, 0.1) is 5.82 Å². The fourth-order valence-corrected chi connectivity index (χ4v) is 4.26. The molecule has 152 valence electrons. The SMILES string of the molecule is CCOC(=O)c1c(N2CCCCC2)c2cc(F)c(Cl)cc2n1Cc1ccccc1. The molecule has 0 aliphatic carbocycles. The van der Waals surface area contributed by atoms with Crippen LogP contribution < -0.4 is 4.90 Å². The Hall–Kier alpha value is -2.53. The molecule has 0 bridgehead atoms. The molecule has 1 fully saturated rings. The van der Waals surface area contributed by atoms with Gasteiger partial charge < -0.3 is 14.2 Å². The van der Waals surface area contributed by atoms with Crippen LogP contribution in [0.1, 0.15) is 42.2 Å². The summed E-state index contributed by atoms with van der Waals surface area (Å²) in [5, 5.41) is 0.748. The standard InChI is InChI=1S/C23H24ClFN2O2/c1-2-29-23(28)22-21(26-11-7-4-8-12-26)17-13-19(25)18(24)14-20(17)27(22)15-16-9-5-3-6-10-16/h3,5-6,9-10,13-14H,2,4,7-8,11-12,15H2,1H3. The first kappa shape index (κ1) is 19.8. The maximum atomic E-state index is 14.4. The van der Waals surface area contributed by atoms with E-state index in [1.54, 1.807) is 13.0 Å². The fourth-order valence-electron chi connectivity index (χ4n) is 4.10. The van der Waals surface area contributed by atoms with Gasteiger partial charge >= 0.3 is 5.97 Å². The second-order valence-electron chi connectivity index (χ2n) is 7.32. The second-order valence-corrected chi connectivity index (χ2v) is 7.73. The normalized spacial score (nSPS) is 14.4. The number of hydrogen-bond donors (Lipinski definition) is 0. The molecule has 2 aromatic carbocycles. The van der Waals surface area contributed by atoms with E-state index in [0.717, 1.165) is 49.1 Å². The highest BCUT2D eigenvalue weighted by atomic mass is 35.5. The van der Waals surface area contributed by atoms with Crippen molar-refractivity contribution in [2.75, 3.05) is 24.6 Å². The van der Waals surface area contributed by atoms with Gasteiger partial charge in [0.05, 0.1) is 22.8 Å². The first-order chi connectivity index (χ1) is 14.1. The Morgan fingerprint density at radius 3 is 2.55 bits per heavy atom. The van der Waals surface area contributed by atoms with Crippen LogP contribution in [0.15, 0.2) is 42.5 Å². The Balaban J connectivity index is 1.98. The Bertz CT molecular complexity index is 1030. The van der Waals surface area contributed by atoms with Crippen molar-refractivity contribution in [3.63, 3.8) is 0 Å². The summed E-state index contributed by atoms with van der Waals surface area (Å²) in [6, 6.07) is 13.0. The van der Waals surface area contributed by atoms with Gasteiger partial charge in [-0.25, -0.2) is 9.18 Å². The molecule has 1 aromatic heterocycles. The molecule has 0 radical (unpaired) electrons. The van der Waals surface area contributed by atoms with E-state index in [2.05, 4.69) is 4.90 Å². The summed E-state index contributed by atoms with van der Waals surface area (Å²) < 4.78 is 21.8. The summed E-state index contributed by atoms with van der Waals surface area (Å²) in [5.41, 5.74) is 3.00. The predicted molar refractivity (Wildman–Crippen MR) is 114 cm³/mol. The average Bonchev–Trinajstić information content (AvgIpc) is 3.03. The third-order valence-electron chi connectivity index (χ3n) is 5.40. The summed E-state index contributed by atoms with van der Waals surface area (Å²) in [4.78, 5) is 15.2. The lowest BCUT2D eigenvalue weighted by atomic mass is 10.1. The topological polar surface area (TPSA) is 34.5 Å². The molecule has 4 nitrogen and oxygen atoms in total. The number of aromatic nitrogens is 1. The van der Waals surface area contributed by atoms with E-state index < -0.39 is 11.8 Å². The van der Waals surface area contributed by atoms with E-state index in [0.29, 0.717) is 17.6 Å². The molecule has 0 spiro atoms. The number of nitrogens with zero attached hydrogens (tertiary/aromatic N) is 2. The lowest BCUT2D eigenvalue weighted by Gasteiger charge is -2.29. The number of anilines is 1. The van der Waals surface area contributed by atoms with Crippen LogP contribution in [0.3, 0.4) is 0 Å². The van der Waals surface area contributed by atoms with Crippen molar-refractivity contribution < 1.29 is 13.9 Å². The summed E-state index contributed by atoms with van der Waals surface area (Å²) >= 11 is 6.13. The van der Waals surface area contributed by atoms with Gasteiger partial charge in [0.25, 0.3) is 0 Å². The zero-order valence-electron chi connectivity index (χ0n) is 16.5. The number of piperidine rings is 1. The smallest absolute Gasteiger partial charge is 0.357 e. The molecule has 29 heavy (non-hydrogen) atoms. The minimum atomic E-state index is -0.482. The van der Waals surface area contributed by atoms with Gasteiger partial charge in [0.15, 0.2) is 5.69 Å². The van der Waals surface area contributed by atoms with Crippen LogP contribution in [-0.4, -0.2) is 30.2 Å². The summed E-state index contributed by atoms with van der Waals surface area (Å²) in [5.74, 6) is -0.874. The highest BCUT2D eigenvalue weighted by molar-refractivity contribution is 6.31. The second kappa shape index (κ2) is 8.46. The van der Waals surface area contributed by atoms with Crippen molar-refractivity contribution in [1.29, 1.82) is 0 Å². The zero-order chi connectivity index (χ0) is 20.4. The number of hydrogen-bond acceptors (Lipinski definition) is 3. The van der Waals surface area contributed by atoms with Gasteiger partial charge in [0.1, 0.15) is 5.82 Å². The van der Waals surface area contributed by atoms with E-state index in [4.69, 9.17) is 16.3 Å². The molecule has 6 heteroatoms. The predicted octanol–water partition coefficient (Wildman–Crippen LogP) is 5.65. The van der Waals surface area contributed by atoms with E-state index in [-0.39, 0.29) is 11.6 Å². The van der Waals surface area contributed by atoms with E-state index in [9.17, 15) is 9.18 Å². The quantitative estimate of drug-likeness (QED) is 0.506. The molecule has 0 unspecified atom stereocenters. The molecular formula is C23H24ClFN2O2. The van der Waals surface area contributed by atoms with Gasteiger partial charge in [-0.15, -0.1) is 0 Å². The highest BCUT2D eigenvalue weighted by Crippen LogP contribution is 2.39. The van der Waals surface area contributed by atoms with Crippen LogP contribution in [0.5, 0.6) is 0 Å². The van der Waals surface area contributed by atoms with Crippen LogP contribution in [-0.2, 0) is 11.3 Å². The van der Waals surface area contributed by atoms with Gasteiger partial charge in [-0.3, -0.25) is 0 Å². The molecular weight excluding hydrogens is 391 g/mol. The minimum absolute atomic E-state index is 0.0462. The van der Waals surface area contributed by atoms with Crippen molar-refractivity contribution in [2.24, 2.45) is 0 Å². The number of ether oxygens (including phenoxy) is 1. The number of esters is 1. The molecule has 1 aliphatic rings. The van der Waals surface area contributed by atoms with Crippen molar-refractivity contribution in [2.45, 2.75) is 32.7 Å². The molecule has 3 aromatic rings. The van der Waals surface area contributed by atoms with Gasteiger partial charge in [0, 0.05) is 25.0 Å². The lowest BCUT2D eigenvalue weighted by Crippen LogP contribution is -2.31. The van der Waals surface area contributed by atoms with Crippen LogP contribution in [0.4, 0.5) is 10.1 Å². The lowest BCUT2D eigenvalue weighted by molar-refractivity contribution is 0.0515. The molecule has 4 rings (SSSR count). The van der Waals surface area contributed by atoms with Gasteiger partial charge in [-0.2, -0.15) is 0 Å². The fraction of sp³-hybridized carbons (Fsp3) is 0.348. The maximum absolute atomic E-state index is 14.4. The number of rotatable bonds is 5. The number of benzene rings is 2. The minimum Gasteiger partial charge on any atom is -0.461 e. The average molecular weight is 415 g/mol. The third-order valence-corrected chi connectivity index (χ3v) is 5.69. The molecule has 2 heterocycles. The van der Waals surface area contributed by atoms with E-state index in [1.807, 2.05) is 34.9 Å². The first-order valence-electron chi connectivity index (χ1n) is 10.1. The highest BCUT2D eigenvalue weighted by Gasteiger charge is 2.29. The number of fused-ring (bicyclic) bond motifs is 1. The number of halogens is 2. The Kier molecular flexibility index (Phi) is 5.76. The molecule has 0 atom stereocenters. The maximum Gasteiger partial charge on any atom is 0.357 e. The number of carbonyl (C=O) groups is 1. The van der Waals surface area contributed by atoms with Gasteiger partial charge in [0.2, 0.25) is 0 Å². The molecule has 0 amide bonds. The first-order valence-corrected chi connectivity index (χ1v) is 10.4. The molecule has 1 saturated heterocycles. The largest absolute Gasteiger partial charge is 0.461 e. The monoisotopic (exact) mass is 414 g/mol. The van der Waals surface area contributed by atoms with Crippen molar-refractivity contribution in [3.05, 3.63) is 64.6 Å². The summed E-state index contributed by atoms with van der Waals surface area (Å²) in [7, 11) is 0. The Labute approximate surface area is 174 Å². The Morgan fingerprint density at radius 1 is 1.14 bits per heavy atom. The summed E-state index contributed by atoms with van der Waals surface area (Å²) in [6.45, 7) is 4.21. The van der Waals surface area contributed by atoms with E-state index in [1.165, 1.54) is 6.07 Å². The third kappa shape index (κ3) is 3.84. The van der Waals surface area contributed by atoms with Crippen molar-refractivity contribution >= 4 is 34.2 Å². The molecule has 0 N–H and O–H groups in total. The number of carbonyl (C=O) groups excluding carboxylic acids is 1.